The van der Waals surface area contributed by atoms with Crippen LogP contribution in [-0.4, -0.2) is 38.1 Å². The molecule has 162 valence electrons. The zero-order valence-electron chi connectivity index (χ0n) is 17.4. The number of hydrogen-bond donors (Lipinski definition) is 1. The van der Waals surface area contributed by atoms with E-state index in [1.54, 1.807) is 6.08 Å². The molecule has 2 aliphatic carbocycles. The minimum Gasteiger partial charge on any atom is -0.477 e. The highest BCUT2D eigenvalue weighted by Crippen LogP contribution is 2.57. The number of nitrogens with one attached hydrogen (secondary N) is 1. The molecule has 2 atom stereocenters. The van der Waals surface area contributed by atoms with Gasteiger partial charge in [-0.05, 0) is 68.5 Å². The van der Waals surface area contributed by atoms with Crippen molar-refractivity contribution in [1.29, 1.82) is 0 Å². The SMILES string of the molecule is CCC12CCC(=O)C=C1c1c(cc(OC(C(=O)OC)C3CCNCC3)c(Cl)c1Cl)C2. The van der Waals surface area contributed by atoms with Gasteiger partial charge in [-0.2, -0.15) is 0 Å². The van der Waals surface area contributed by atoms with E-state index in [9.17, 15) is 9.59 Å². The molecule has 1 fully saturated rings. The van der Waals surface area contributed by atoms with Crippen LogP contribution < -0.4 is 10.1 Å². The third kappa shape index (κ3) is 3.65. The summed E-state index contributed by atoms with van der Waals surface area (Å²) in [6.45, 7) is 3.82. The lowest BCUT2D eigenvalue weighted by molar-refractivity contribution is -0.152. The van der Waals surface area contributed by atoms with E-state index in [0.29, 0.717) is 17.2 Å². The number of ether oxygens (including phenoxy) is 2. The third-order valence-electron chi connectivity index (χ3n) is 6.96. The number of ketones is 1. The molecule has 1 aromatic rings. The summed E-state index contributed by atoms with van der Waals surface area (Å²) in [6.07, 6.45) is 5.74. The number of rotatable bonds is 5. The Morgan fingerprint density at radius 1 is 1.30 bits per heavy atom. The van der Waals surface area contributed by atoms with E-state index in [-0.39, 0.29) is 22.1 Å². The summed E-state index contributed by atoms with van der Waals surface area (Å²) in [5.41, 5.74) is 2.80. The number of halogens is 2. The number of fused-ring (bicyclic) bond motifs is 3. The van der Waals surface area contributed by atoms with Crippen molar-refractivity contribution in [2.45, 2.75) is 51.6 Å². The van der Waals surface area contributed by atoms with Crippen LogP contribution in [0.5, 0.6) is 5.75 Å². The van der Waals surface area contributed by atoms with Crippen molar-refractivity contribution in [3.63, 3.8) is 0 Å². The molecule has 2 unspecified atom stereocenters. The molecule has 4 rings (SSSR count). The fraction of sp³-hybridized carbons (Fsp3) is 0.565. The molecule has 1 heterocycles. The van der Waals surface area contributed by atoms with Crippen molar-refractivity contribution in [1.82, 2.24) is 5.32 Å². The number of carbonyl (C=O) groups excluding carboxylic acids is 2. The lowest BCUT2D eigenvalue weighted by Crippen LogP contribution is -2.42. The van der Waals surface area contributed by atoms with Gasteiger partial charge in [-0.25, -0.2) is 4.79 Å². The quantitative estimate of drug-likeness (QED) is 0.661. The summed E-state index contributed by atoms with van der Waals surface area (Å²) in [4.78, 5) is 24.6. The molecule has 30 heavy (non-hydrogen) atoms. The van der Waals surface area contributed by atoms with Crippen molar-refractivity contribution >= 4 is 40.5 Å². The highest BCUT2D eigenvalue weighted by molar-refractivity contribution is 6.44. The summed E-state index contributed by atoms with van der Waals surface area (Å²) >= 11 is 13.4. The number of esters is 1. The van der Waals surface area contributed by atoms with Gasteiger partial charge in [0.05, 0.1) is 12.1 Å². The summed E-state index contributed by atoms with van der Waals surface area (Å²) in [5, 5.41) is 3.98. The van der Waals surface area contributed by atoms with Gasteiger partial charge in [-0.15, -0.1) is 0 Å². The molecule has 0 radical (unpaired) electrons. The van der Waals surface area contributed by atoms with Crippen LogP contribution in [0.1, 0.15) is 50.2 Å². The zero-order valence-corrected chi connectivity index (χ0v) is 18.9. The van der Waals surface area contributed by atoms with Gasteiger partial charge in [-0.3, -0.25) is 4.79 Å². The number of carbonyl (C=O) groups is 2. The minimum atomic E-state index is -0.728. The van der Waals surface area contributed by atoms with Crippen LogP contribution in [0.3, 0.4) is 0 Å². The van der Waals surface area contributed by atoms with E-state index in [1.807, 2.05) is 6.07 Å². The molecule has 1 saturated heterocycles. The zero-order chi connectivity index (χ0) is 21.5. The average molecular weight is 452 g/mol. The Morgan fingerprint density at radius 2 is 2.03 bits per heavy atom. The van der Waals surface area contributed by atoms with Crippen LogP contribution in [0.2, 0.25) is 10.0 Å². The molecule has 7 heteroatoms. The second kappa shape index (κ2) is 8.52. The Labute approximate surface area is 187 Å². The molecular weight excluding hydrogens is 425 g/mol. The van der Waals surface area contributed by atoms with Crippen molar-refractivity contribution < 1.29 is 19.1 Å². The molecule has 1 aliphatic heterocycles. The standard InChI is InChI=1S/C23H27Cl2NO4/c1-3-23-7-4-15(27)11-16(23)18-14(12-23)10-17(19(24)20(18)25)30-21(22(28)29-2)13-5-8-26-9-6-13/h10-11,13,21,26H,3-9,12H2,1-2H3. The molecular formula is C23H27Cl2NO4. The van der Waals surface area contributed by atoms with Gasteiger partial charge in [0.25, 0.3) is 0 Å². The van der Waals surface area contributed by atoms with E-state index < -0.39 is 12.1 Å². The topological polar surface area (TPSA) is 64.6 Å². The number of allylic oxidation sites excluding steroid dienone is 2. The van der Waals surface area contributed by atoms with Crippen LogP contribution in [0.4, 0.5) is 0 Å². The minimum absolute atomic E-state index is 0.0479. The molecule has 0 bridgehead atoms. The molecule has 3 aliphatic rings. The first kappa shape index (κ1) is 21.7. The summed E-state index contributed by atoms with van der Waals surface area (Å²) < 4.78 is 11.2. The van der Waals surface area contributed by atoms with Gasteiger partial charge >= 0.3 is 5.97 Å². The van der Waals surface area contributed by atoms with Gasteiger partial charge in [0.15, 0.2) is 11.9 Å². The molecule has 1 aromatic carbocycles. The maximum atomic E-state index is 12.5. The van der Waals surface area contributed by atoms with E-state index in [4.69, 9.17) is 32.7 Å². The number of benzene rings is 1. The lowest BCUT2D eigenvalue weighted by Gasteiger charge is -2.32. The van der Waals surface area contributed by atoms with Crippen molar-refractivity contribution in [3.8, 4) is 5.75 Å². The normalized spacial score (nSPS) is 24.7. The van der Waals surface area contributed by atoms with Gasteiger partial charge in [-0.1, -0.05) is 30.1 Å². The lowest BCUT2D eigenvalue weighted by atomic mass is 9.71. The Bertz CT molecular complexity index is 907. The highest BCUT2D eigenvalue weighted by Gasteiger charge is 2.45. The van der Waals surface area contributed by atoms with Gasteiger partial charge in [0.1, 0.15) is 10.8 Å². The van der Waals surface area contributed by atoms with Crippen molar-refractivity contribution in [2.24, 2.45) is 11.3 Å². The van der Waals surface area contributed by atoms with Gasteiger partial charge in [0.2, 0.25) is 0 Å². The molecule has 0 amide bonds. The van der Waals surface area contributed by atoms with Crippen LogP contribution >= 0.6 is 23.2 Å². The molecule has 0 spiro atoms. The first-order chi connectivity index (χ1) is 14.4. The summed E-state index contributed by atoms with van der Waals surface area (Å²) in [5.74, 6) is 0.186. The summed E-state index contributed by atoms with van der Waals surface area (Å²) in [6, 6.07) is 1.90. The number of piperidine rings is 1. The first-order valence-corrected chi connectivity index (χ1v) is 11.4. The van der Waals surface area contributed by atoms with Crippen molar-refractivity contribution in [2.75, 3.05) is 20.2 Å². The van der Waals surface area contributed by atoms with Gasteiger partial charge < -0.3 is 14.8 Å². The van der Waals surface area contributed by atoms with E-state index in [2.05, 4.69) is 12.2 Å². The predicted molar refractivity (Wildman–Crippen MR) is 117 cm³/mol. The van der Waals surface area contributed by atoms with Crippen molar-refractivity contribution in [3.05, 3.63) is 33.3 Å². The Kier molecular flexibility index (Phi) is 6.16. The third-order valence-corrected chi connectivity index (χ3v) is 7.81. The number of hydrogen-bond acceptors (Lipinski definition) is 5. The summed E-state index contributed by atoms with van der Waals surface area (Å²) in [7, 11) is 1.37. The van der Waals surface area contributed by atoms with E-state index >= 15 is 0 Å². The molecule has 0 saturated carbocycles. The first-order valence-electron chi connectivity index (χ1n) is 10.6. The molecule has 0 aromatic heterocycles. The number of methoxy groups -OCH3 is 1. The molecule has 5 nitrogen and oxygen atoms in total. The maximum absolute atomic E-state index is 12.5. The van der Waals surface area contributed by atoms with Crippen LogP contribution in [-0.2, 0) is 20.7 Å². The fourth-order valence-electron chi connectivity index (χ4n) is 5.17. The Balaban J connectivity index is 1.72. The maximum Gasteiger partial charge on any atom is 0.347 e. The smallest absolute Gasteiger partial charge is 0.347 e. The monoisotopic (exact) mass is 451 g/mol. The fourth-order valence-corrected chi connectivity index (χ4v) is 5.68. The van der Waals surface area contributed by atoms with Gasteiger partial charge in [0, 0.05) is 23.3 Å². The largest absolute Gasteiger partial charge is 0.477 e. The second-order valence-corrected chi connectivity index (χ2v) is 9.28. The predicted octanol–water partition coefficient (Wildman–Crippen LogP) is 4.61. The van der Waals surface area contributed by atoms with Crippen LogP contribution in [0, 0.1) is 11.3 Å². The van der Waals surface area contributed by atoms with E-state index in [1.165, 1.54) is 7.11 Å². The van der Waals surface area contributed by atoms with E-state index in [0.717, 1.165) is 61.9 Å². The Morgan fingerprint density at radius 3 is 2.70 bits per heavy atom. The average Bonchev–Trinajstić information content (AvgIpc) is 3.09. The molecule has 1 N–H and O–H groups in total. The Hall–Kier alpha value is -1.56. The highest BCUT2D eigenvalue weighted by atomic mass is 35.5. The second-order valence-electron chi connectivity index (χ2n) is 8.52. The van der Waals surface area contributed by atoms with Crippen LogP contribution in [0.25, 0.3) is 5.57 Å². The van der Waals surface area contributed by atoms with Crippen LogP contribution in [0.15, 0.2) is 12.1 Å².